The maximum atomic E-state index is 5.41. The molecule has 2 nitrogen and oxygen atoms in total. The van der Waals surface area contributed by atoms with E-state index in [2.05, 4.69) is 12.2 Å². The Morgan fingerprint density at radius 1 is 1.45 bits per heavy atom. The highest BCUT2D eigenvalue weighted by atomic mass is 14.9. The molecule has 0 aliphatic heterocycles. The molecule has 1 aliphatic rings. The third kappa shape index (κ3) is 2.80. The van der Waals surface area contributed by atoms with Crippen LogP contribution < -0.4 is 11.1 Å². The summed E-state index contributed by atoms with van der Waals surface area (Å²) in [5.74, 6) is 0.918. The van der Waals surface area contributed by atoms with E-state index in [0.29, 0.717) is 6.04 Å². The summed E-state index contributed by atoms with van der Waals surface area (Å²) in [5.41, 5.74) is 5.41. The first-order valence-corrected chi connectivity index (χ1v) is 4.78. The monoisotopic (exact) mass is 156 g/mol. The fourth-order valence-corrected chi connectivity index (χ4v) is 1.94. The summed E-state index contributed by atoms with van der Waals surface area (Å²) in [6, 6.07) is 0.682. The van der Waals surface area contributed by atoms with E-state index in [1.807, 2.05) is 0 Å². The summed E-state index contributed by atoms with van der Waals surface area (Å²) in [6.45, 7) is 4.01. The molecule has 0 spiro atoms. The zero-order valence-electron chi connectivity index (χ0n) is 7.47. The molecule has 66 valence electrons. The first kappa shape index (κ1) is 9.01. The zero-order valence-corrected chi connectivity index (χ0v) is 7.47. The first-order valence-electron chi connectivity index (χ1n) is 4.78. The molecule has 0 bridgehead atoms. The minimum Gasteiger partial charge on any atom is -0.329 e. The van der Waals surface area contributed by atoms with Gasteiger partial charge in [-0.15, -0.1) is 0 Å². The standard InChI is InChI=1S/C9H20N2/c1-8(11-7-6-10)9-4-2-3-5-9/h8-9,11H,2-7,10H2,1H3/t8-/m0/s1. The molecule has 0 unspecified atom stereocenters. The van der Waals surface area contributed by atoms with Gasteiger partial charge in [0.15, 0.2) is 0 Å². The van der Waals surface area contributed by atoms with Crippen LogP contribution in [0.2, 0.25) is 0 Å². The van der Waals surface area contributed by atoms with Crippen molar-refractivity contribution in [1.82, 2.24) is 5.32 Å². The molecule has 0 saturated heterocycles. The molecule has 0 aromatic carbocycles. The number of hydrogen-bond donors (Lipinski definition) is 2. The highest BCUT2D eigenvalue weighted by Crippen LogP contribution is 2.27. The lowest BCUT2D eigenvalue weighted by Crippen LogP contribution is -2.35. The summed E-state index contributed by atoms with van der Waals surface area (Å²) >= 11 is 0. The molecule has 2 heteroatoms. The van der Waals surface area contributed by atoms with Gasteiger partial charge in [0.1, 0.15) is 0 Å². The Labute approximate surface area is 69.5 Å². The van der Waals surface area contributed by atoms with Crippen molar-refractivity contribution in [2.24, 2.45) is 11.7 Å². The smallest absolute Gasteiger partial charge is 0.00770 e. The van der Waals surface area contributed by atoms with E-state index < -0.39 is 0 Å². The molecule has 1 aliphatic carbocycles. The molecular formula is C9H20N2. The van der Waals surface area contributed by atoms with Gasteiger partial charge in [0.25, 0.3) is 0 Å². The summed E-state index contributed by atoms with van der Waals surface area (Å²) < 4.78 is 0. The van der Waals surface area contributed by atoms with Crippen LogP contribution in [0.3, 0.4) is 0 Å². The van der Waals surface area contributed by atoms with Gasteiger partial charge in [0.05, 0.1) is 0 Å². The third-order valence-electron chi connectivity index (χ3n) is 2.72. The van der Waals surface area contributed by atoms with E-state index in [4.69, 9.17) is 5.73 Å². The predicted molar refractivity (Wildman–Crippen MR) is 48.5 cm³/mol. The molecule has 1 rings (SSSR count). The average molecular weight is 156 g/mol. The van der Waals surface area contributed by atoms with Crippen molar-refractivity contribution in [2.45, 2.75) is 38.6 Å². The van der Waals surface area contributed by atoms with Gasteiger partial charge < -0.3 is 11.1 Å². The molecule has 0 aromatic rings. The van der Waals surface area contributed by atoms with Crippen LogP contribution in [0.1, 0.15) is 32.6 Å². The molecule has 3 N–H and O–H groups in total. The first-order chi connectivity index (χ1) is 5.34. The topological polar surface area (TPSA) is 38.0 Å². The quantitative estimate of drug-likeness (QED) is 0.640. The minimum absolute atomic E-state index is 0.682. The summed E-state index contributed by atoms with van der Waals surface area (Å²) in [7, 11) is 0. The zero-order chi connectivity index (χ0) is 8.10. The molecule has 1 fully saturated rings. The average Bonchev–Trinajstić information content (AvgIpc) is 2.52. The van der Waals surface area contributed by atoms with Crippen LogP contribution in [0.15, 0.2) is 0 Å². The van der Waals surface area contributed by atoms with E-state index in [1.165, 1.54) is 25.7 Å². The van der Waals surface area contributed by atoms with Gasteiger partial charge in [0, 0.05) is 19.1 Å². The van der Waals surface area contributed by atoms with Crippen LogP contribution in [0.4, 0.5) is 0 Å². The fraction of sp³-hybridized carbons (Fsp3) is 1.00. The SMILES string of the molecule is C[C@H](NCCN)C1CCCC1. The van der Waals surface area contributed by atoms with Gasteiger partial charge in [-0.3, -0.25) is 0 Å². The van der Waals surface area contributed by atoms with Gasteiger partial charge in [-0.1, -0.05) is 12.8 Å². The predicted octanol–water partition coefficient (Wildman–Crippen LogP) is 1.11. The Balaban J connectivity index is 2.12. The van der Waals surface area contributed by atoms with Gasteiger partial charge in [-0.05, 0) is 25.7 Å². The maximum Gasteiger partial charge on any atom is 0.00770 e. The second-order valence-corrected chi connectivity index (χ2v) is 3.58. The second-order valence-electron chi connectivity index (χ2n) is 3.58. The molecule has 0 aromatic heterocycles. The summed E-state index contributed by atoms with van der Waals surface area (Å²) in [6.07, 6.45) is 5.69. The van der Waals surface area contributed by atoms with Crippen molar-refractivity contribution >= 4 is 0 Å². The molecule has 0 heterocycles. The number of nitrogens with one attached hydrogen (secondary N) is 1. The van der Waals surface area contributed by atoms with Gasteiger partial charge >= 0.3 is 0 Å². The molecule has 0 amide bonds. The second kappa shape index (κ2) is 4.73. The lowest BCUT2D eigenvalue weighted by molar-refractivity contribution is 0.386. The fourth-order valence-electron chi connectivity index (χ4n) is 1.94. The van der Waals surface area contributed by atoms with E-state index in [0.717, 1.165) is 19.0 Å². The van der Waals surface area contributed by atoms with Crippen molar-refractivity contribution in [2.75, 3.05) is 13.1 Å². The summed E-state index contributed by atoms with van der Waals surface area (Å²) in [5, 5.41) is 3.45. The molecule has 11 heavy (non-hydrogen) atoms. The third-order valence-corrected chi connectivity index (χ3v) is 2.72. The Morgan fingerprint density at radius 2 is 2.09 bits per heavy atom. The van der Waals surface area contributed by atoms with Crippen molar-refractivity contribution in [3.05, 3.63) is 0 Å². The van der Waals surface area contributed by atoms with Crippen LogP contribution in [-0.4, -0.2) is 19.1 Å². The van der Waals surface area contributed by atoms with Crippen LogP contribution >= 0.6 is 0 Å². The van der Waals surface area contributed by atoms with Crippen molar-refractivity contribution in [1.29, 1.82) is 0 Å². The Bertz CT molecular complexity index is 97.7. The largest absolute Gasteiger partial charge is 0.329 e. The lowest BCUT2D eigenvalue weighted by Gasteiger charge is -2.19. The van der Waals surface area contributed by atoms with Crippen molar-refractivity contribution in [3.8, 4) is 0 Å². The molecule has 1 saturated carbocycles. The lowest BCUT2D eigenvalue weighted by atomic mass is 10.00. The van der Waals surface area contributed by atoms with Crippen LogP contribution in [0.5, 0.6) is 0 Å². The Hall–Kier alpha value is -0.0800. The minimum atomic E-state index is 0.682. The van der Waals surface area contributed by atoms with Gasteiger partial charge in [0.2, 0.25) is 0 Å². The normalized spacial score (nSPS) is 22.4. The molecule has 0 radical (unpaired) electrons. The highest BCUT2D eigenvalue weighted by Gasteiger charge is 2.20. The van der Waals surface area contributed by atoms with Crippen LogP contribution in [-0.2, 0) is 0 Å². The van der Waals surface area contributed by atoms with E-state index in [1.54, 1.807) is 0 Å². The maximum absolute atomic E-state index is 5.41. The Kier molecular flexibility index (Phi) is 3.87. The molecular weight excluding hydrogens is 136 g/mol. The van der Waals surface area contributed by atoms with Gasteiger partial charge in [-0.2, -0.15) is 0 Å². The number of rotatable bonds is 4. The van der Waals surface area contributed by atoms with Crippen LogP contribution in [0.25, 0.3) is 0 Å². The van der Waals surface area contributed by atoms with Gasteiger partial charge in [-0.25, -0.2) is 0 Å². The Morgan fingerprint density at radius 3 is 2.64 bits per heavy atom. The van der Waals surface area contributed by atoms with E-state index in [9.17, 15) is 0 Å². The van der Waals surface area contributed by atoms with Crippen molar-refractivity contribution < 1.29 is 0 Å². The van der Waals surface area contributed by atoms with E-state index in [-0.39, 0.29) is 0 Å². The number of nitrogens with two attached hydrogens (primary N) is 1. The number of hydrogen-bond acceptors (Lipinski definition) is 2. The highest BCUT2D eigenvalue weighted by molar-refractivity contribution is 4.76. The van der Waals surface area contributed by atoms with E-state index >= 15 is 0 Å². The van der Waals surface area contributed by atoms with Crippen LogP contribution in [0, 0.1) is 5.92 Å². The van der Waals surface area contributed by atoms with Crippen molar-refractivity contribution in [3.63, 3.8) is 0 Å². The summed E-state index contributed by atoms with van der Waals surface area (Å²) in [4.78, 5) is 0. The molecule has 1 atom stereocenters.